The maximum atomic E-state index is 9.13. The highest BCUT2D eigenvalue weighted by atomic mass is 16.3. The van der Waals surface area contributed by atoms with E-state index in [0.29, 0.717) is 0 Å². The lowest BCUT2D eigenvalue weighted by Crippen LogP contribution is -2.37. The molecule has 1 aliphatic rings. The summed E-state index contributed by atoms with van der Waals surface area (Å²) in [7, 11) is 2.19. The van der Waals surface area contributed by atoms with Crippen molar-refractivity contribution in [3.63, 3.8) is 0 Å². The number of likely N-dealkylation sites (N-methyl/N-ethyl adjacent to an activating group) is 1. The fraction of sp³-hybridized carbons (Fsp3) is 1.00. The van der Waals surface area contributed by atoms with Crippen molar-refractivity contribution in [3.8, 4) is 0 Å². The molecule has 1 fully saturated rings. The Balaban J connectivity index is 2.05. The molecule has 1 atom stereocenters. The molecule has 90 valence electrons. The van der Waals surface area contributed by atoms with E-state index in [1.807, 2.05) is 0 Å². The van der Waals surface area contributed by atoms with Gasteiger partial charge in [0.1, 0.15) is 0 Å². The molecule has 0 spiro atoms. The third-order valence-electron chi connectivity index (χ3n) is 3.37. The molecule has 0 bridgehead atoms. The quantitative estimate of drug-likeness (QED) is 0.634. The molecule has 3 heteroatoms. The topological polar surface area (TPSA) is 35.5 Å². The lowest BCUT2D eigenvalue weighted by molar-refractivity contribution is 0.183. The summed E-state index contributed by atoms with van der Waals surface area (Å²) in [5.41, 5.74) is 0. The number of aliphatic hydroxyl groups is 1. The van der Waals surface area contributed by atoms with Crippen molar-refractivity contribution >= 4 is 0 Å². The van der Waals surface area contributed by atoms with Gasteiger partial charge in [-0.3, -0.25) is 0 Å². The molecule has 0 aliphatic heterocycles. The van der Waals surface area contributed by atoms with Crippen LogP contribution in [0.5, 0.6) is 0 Å². The van der Waals surface area contributed by atoms with Crippen LogP contribution in [0, 0.1) is 5.92 Å². The fourth-order valence-corrected chi connectivity index (χ4v) is 2.13. The van der Waals surface area contributed by atoms with Crippen LogP contribution in [0.25, 0.3) is 0 Å². The van der Waals surface area contributed by atoms with Gasteiger partial charge in [0.25, 0.3) is 0 Å². The fourth-order valence-electron chi connectivity index (χ4n) is 2.13. The number of hydrogen-bond donors (Lipinski definition) is 2. The first-order valence-electron chi connectivity index (χ1n) is 6.29. The van der Waals surface area contributed by atoms with Gasteiger partial charge in [-0.25, -0.2) is 0 Å². The van der Waals surface area contributed by atoms with Crippen LogP contribution in [-0.4, -0.2) is 49.3 Å². The minimum Gasteiger partial charge on any atom is -0.395 e. The molecule has 0 aromatic carbocycles. The third-order valence-corrected chi connectivity index (χ3v) is 3.37. The molecule has 0 aromatic heterocycles. The standard InChI is InChI=1S/C12H26N2O/c1-3-13-12(10-15)7-8-14(2)9-11-5-4-6-11/h11-13,15H,3-10H2,1-2H3. The van der Waals surface area contributed by atoms with Crippen LogP contribution in [0.15, 0.2) is 0 Å². The number of hydrogen-bond acceptors (Lipinski definition) is 3. The van der Waals surface area contributed by atoms with Gasteiger partial charge in [0.15, 0.2) is 0 Å². The van der Waals surface area contributed by atoms with Crippen LogP contribution < -0.4 is 5.32 Å². The predicted octanol–water partition coefficient (Wildman–Crippen LogP) is 1.08. The summed E-state index contributed by atoms with van der Waals surface area (Å²) in [5.74, 6) is 0.946. The monoisotopic (exact) mass is 214 g/mol. The average Bonchev–Trinajstić information content (AvgIpc) is 2.18. The van der Waals surface area contributed by atoms with E-state index in [1.165, 1.54) is 25.8 Å². The van der Waals surface area contributed by atoms with Gasteiger partial charge in [-0.2, -0.15) is 0 Å². The highest BCUT2D eigenvalue weighted by Crippen LogP contribution is 2.26. The largest absolute Gasteiger partial charge is 0.395 e. The molecule has 2 N–H and O–H groups in total. The van der Waals surface area contributed by atoms with Crippen molar-refractivity contribution in [2.24, 2.45) is 5.92 Å². The van der Waals surface area contributed by atoms with Crippen molar-refractivity contribution in [3.05, 3.63) is 0 Å². The normalized spacial score (nSPS) is 19.2. The van der Waals surface area contributed by atoms with Crippen molar-refractivity contribution in [1.82, 2.24) is 10.2 Å². The summed E-state index contributed by atoms with van der Waals surface area (Å²) in [5, 5.41) is 12.4. The Morgan fingerprint density at radius 1 is 1.47 bits per heavy atom. The maximum Gasteiger partial charge on any atom is 0.0585 e. The second-order valence-corrected chi connectivity index (χ2v) is 4.79. The highest BCUT2D eigenvalue weighted by Gasteiger charge is 2.19. The molecular weight excluding hydrogens is 188 g/mol. The molecule has 1 aliphatic carbocycles. The third kappa shape index (κ3) is 4.96. The Bertz CT molecular complexity index is 160. The Kier molecular flexibility index (Phi) is 6.22. The molecule has 1 rings (SSSR count). The number of aliphatic hydroxyl groups excluding tert-OH is 1. The Morgan fingerprint density at radius 3 is 2.67 bits per heavy atom. The van der Waals surface area contributed by atoms with E-state index >= 15 is 0 Å². The zero-order chi connectivity index (χ0) is 11.1. The molecule has 0 aromatic rings. The van der Waals surface area contributed by atoms with E-state index in [4.69, 9.17) is 5.11 Å². The first-order chi connectivity index (χ1) is 7.26. The summed E-state index contributed by atoms with van der Waals surface area (Å²) in [6.45, 7) is 5.61. The second kappa shape index (κ2) is 7.20. The number of rotatable bonds is 8. The van der Waals surface area contributed by atoms with Gasteiger partial charge < -0.3 is 15.3 Å². The van der Waals surface area contributed by atoms with Crippen LogP contribution in [0.1, 0.15) is 32.6 Å². The zero-order valence-electron chi connectivity index (χ0n) is 10.2. The molecule has 3 nitrogen and oxygen atoms in total. The van der Waals surface area contributed by atoms with Gasteiger partial charge in [-0.1, -0.05) is 13.3 Å². The lowest BCUT2D eigenvalue weighted by Gasteiger charge is -2.30. The van der Waals surface area contributed by atoms with E-state index in [0.717, 1.165) is 25.4 Å². The van der Waals surface area contributed by atoms with E-state index in [1.54, 1.807) is 0 Å². The maximum absolute atomic E-state index is 9.13. The zero-order valence-corrected chi connectivity index (χ0v) is 10.2. The summed E-state index contributed by atoms with van der Waals surface area (Å²) in [6.07, 6.45) is 5.31. The number of nitrogens with zero attached hydrogens (tertiary/aromatic N) is 1. The first kappa shape index (κ1) is 12.9. The SMILES string of the molecule is CCNC(CO)CCN(C)CC1CCC1. The van der Waals surface area contributed by atoms with Crippen LogP contribution in [-0.2, 0) is 0 Å². The highest BCUT2D eigenvalue weighted by molar-refractivity contribution is 4.73. The van der Waals surface area contributed by atoms with Gasteiger partial charge in [-0.15, -0.1) is 0 Å². The van der Waals surface area contributed by atoms with Gasteiger partial charge in [0.05, 0.1) is 6.61 Å². The second-order valence-electron chi connectivity index (χ2n) is 4.79. The molecule has 0 radical (unpaired) electrons. The van der Waals surface area contributed by atoms with Crippen molar-refractivity contribution < 1.29 is 5.11 Å². The summed E-state index contributed by atoms with van der Waals surface area (Å²) >= 11 is 0. The average molecular weight is 214 g/mol. The van der Waals surface area contributed by atoms with Crippen LogP contribution in [0.4, 0.5) is 0 Å². The van der Waals surface area contributed by atoms with Crippen LogP contribution in [0.3, 0.4) is 0 Å². The van der Waals surface area contributed by atoms with Crippen molar-refractivity contribution in [2.75, 3.05) is 33.3 Å². The van der Waals surface area contributed by atoms with Gasteiger partial charge >= 0.3 is 0 Å². The van der Waals surface area contributed by atoms with Gasteiger partial charge in [0.2, 0.25) is 0 Å². The molecule has 0 amide bonds. The van der Waals surface area contributed by atoms with E-state index < -0.39 is 0 Å². The Labute approximate surface area is 93.9 Å². The molecular formula is C12H26N2O. The van der Waals surface area contributed by atoms with E-state index in [-0.39, 0.29) is 12.6 Å². The first-order valence-corrected chi connectivity index (χ1v) is 6.29. The van der Waals surface area contributed by atoms with Gasteiger partial charge in [-0.05, 0) is 45.3 Å². The van der Waals surface area contributed by atoms with Crippen LogP contribution >= 0.6 is 0 Å². The molecule has 0 heterocycles. The Hall–Kier alpha value is -0.120. The lowest BCUT2D eigenvalue weighted by atomic mass is 9.85. The minimum atomic E-state index is 0.255. The molecule has 1 saturated carbocycles. The smallest absolute Gasteiger partial charge is 0.0585 e. The van der Waals surface area contributed by atoms with E-state index in [2.05, 4.69) is 24.2 Å². The Morgan fingerprint density at radius 2 is 2.20 bits per heavy atom. The molecule has 0 saturated heterocycles. The van der Waals surface area contributed by atoms with Crippen molar-refractivity contribution in [1.29, 1.82) is 0 Å². The van der Waals surface area contributed by atoms with E-state index in [9.17, 15) is 0 Å². The summed E-state index contributed by atoms with van der Waals surface area (Å²) in [4.78, 5) is 2.41. The molecule has 1 unspecified atom stereocenters. The summed E-state index contributed by atoms with van der Waals surface area (Å²) < 4.78 is 0. The van der Waals surface area contributed by atoms with Gasteiger partial charge in [0, 0.05) is 12.6 Å². The van der Waals surface area contributed by atoms with Crippen LogP contribution in [0.2, 0.25) is 0 Å². The summed E-state index contributed by atoms with van der Waals surface area (Å²) in [6, 6.07) is 0.277. The predicted molar refractivity (Wildman–Crippen MR) is 64.0 cm³/mol. The molecule has 15 heavy (non-hydrogen) atoms. The van der Waals surface area contributed by atoms with Crippen molar-refractivity contribution in [2.45, 2.75) is 38.6 Å². The number of nitrogens with one attached hydrogen (secondary N) is 1. The minimum absolute atomic E-state index is 0.255.